The second-order valence-corrected chi connectivity index (χ2v) is 2.71. The van der Waals surface area contributed by atoms with Gasteiger partial charge in [0.15, 0.2) is 0 Å². The van der Waals surface area contributed by atoms with Crippen LogP contribution in [0.2, 0.25) is 0 Å². The molecule has 74 valence electrons. The first kappa shape index (κ1) is 10.6. The molecule has 0 unspecified atom stereocenters. The number of nitrogens with one attached hydrogen (secondary N) is 2. The van der Waals surface area contributed by atoms with Crippen LogP contribution in [0.4, 0.5) is 5.69 Å². The molecule has 14 heavy (non-hydrogen) atoms. The van der Waals surface area contributed by atoms with E-state index in [9.17, 15) is 0 Å². The van der Waals surface area contributed by atoms with Crippen molar-refractivity contribution < 1.29 is 0 Å². The Hall–Kier alpha value is -1.52. The number of rotatable bonds is 2. The minimum Gasteiger partial charge on any atom is -0.324 e. The minimum atomic E-state index is 0. The van der Waals surface area contributed by atoms with Gasteiger partial charge in [-0.3, -0.25) is 10.9 Å². The van der Waals surface area contributed by atoms with Gasteiger partial charge in [-0.05, 0) is 17.7 Å². The number of nitrogen functional groups attached to an aromatic ring is 1. The third-order valence-electron chi connectivity index (χ3n) is 1.88. The van der Waals surface area contributed by atoms with E-state index in [1.807, 2.05) is 30.5 Å². The Morgan fingerprint density at radius 2 is 1.86 bits per heavy atom. The summed E-state index contributed by atoms with van der Waals surface area (Å²) in [5.41, 5.74) is 5.66. The highest BCUT2D eigenvalue weighted by atomic mass is 35.5. The van der Waals surface area contributed by atoms with E-state index >= 15 is 0 Å². The average Bonchev–Trinajstić information content (AvgIpc) is 2.71. The van der Waals surface area contributed by atoms with Gasteiger partial charge in [0.25, 0.3) is 0 Å². The van der Waals surface area contributed by atoms with Crippen LogP contribution in [0.3, 0.4) is 0 Å². The van der Waals surface area contributed by atoms with Crippen LogP contribution in [0.15, 0.2) is 36.7 Å². The summed E-state index contributed by atoms with van der Waals surface area (Å²) >= 11 is 0. The van der Waals surface area contributed by atoms with Crippen molar-refractivity contribution in [2.24, 2.45) is 5.84 Å². The van der Waals surface area contributed by atoms with Crippen LogP contribution < -0.4 is 11.3 Å². The number of hydrogen-bond donors (Lipinski definition) is 3. The number of benzene rings is 1. The number of aromatic nitrogens is 2. The zero-order valence-electron chi connectivity index (χ0n) is 7.40. The molecule has 0 aliphatic rings. The summed E-state index contributed by atoms with van der Waals surface area (Å²) in [7, 11) is 0. The fourth-order valence-corrected chi connectivity index (χ4v) is 1.17. The van der Waals surface area contributed by atoms with Crippen LogP contribution >= 0.6 is 12.4 Å². The Labute approximate surface area is 87.9 Å². The van der Waals surface area contributed by atoms with E-state index in [2.05, 4.69) is 15.6 Å². The predicted molar refractivity (Wildman–Crippen MR) is 59.1 cm³/mol. The maximum absolute atomic E-state index is 5.25. The molecule has 0 bridgehead atoms. The van der Waals surface area contributed by atoms with Crippen LogP contribution in [0.5, 0.6) is 0 Å². The highest BCUT2D eigenvalue weighted by Gasteiger charge is 1.97. The molecule has 0 radical (unpaired) electrons. The third kappa shape index (κ3) is 2.04. The third-order valence-corrected chi connectivity index (χ3v) is 1.88. The summed E-state index contributed by atoms with van der Waals surface area (Å²) in [5.74, 6) is 5.25. The maximum Gasteiger partial charge on any atom is 0.0565 e. The van der Waals surface area contributed by atoms with Gasteiger partial charge in [0, 0.05) is 17.4 Å². The van der Waals surface area contributed by atoms with Gasteiger partial charge in [0.05, 0.1) is 6.20 Å². The van der Waals surface area contributed by atoms with Gasteiger partial charge in [-0.2, -0.15) is 5.10 Å². The number of H-pyrrole nitrogens is 1. The van der Waals surface area contributed by atoms with Crippen molar-refractivity contribution in [1.29, 1.82) is 0 Å². The standard InChI is InChI=1S/C9H10N4.ClH/c10-13-9-3-1-7(2-4-9)8-5-11-12-6-8;/h1-6,13H,10H2,(H,11,12);1H. The zero-order chi connectivity index (χ0) is 9.10. The Kier molecular flexibility index (Phi) is 3.50. The summed E-state index contributed by atoms with van der Waals surface area (Å²) in [6.45, 7) is 0. The lowest BCUT2D eigenvalue weighted by Crippen LogP contribution is -2.05. The van der Waals surface area contributed by atoms with Crippen LogP contribution in [-0.2, 0) is 0 Å². The van der Waals surface area contributed by atoms with Crippen molar-refractivity contribution >= 4 is 18.1 Å². The Balaban J connectivity index is 0.000000980. The zero-order valence-corrected chi connectivity index (χ0v) is 8.21. The lowest BCUT2D eigenvalue weighted by Gasteiger charge is -2.00. The van der Waals surface area contributed by atoms with Gasteiger partial charge in [0.1, 0.15) is 0 Å². The van der Waals surface area contributed by atoms with Crippen molar-refractivity contribution in [3.63, 3.8) is 0 Å². The number of nitrogens with zero attached hydrogens (tertiary/aromatic N) is 1. The van der Waals surface area contributed by atoms with Crippen LogP contribution in [0.25, 0.3) is 11.1 Å². The van der Waals surface area contributed by atoms with Gasteiger partial charge in [-0.1, -0.05) is 12.1 Å². The number of hydrazine groups is 1. The molecule has 0 atom stereocenters. The predicted octanol–water partition coefficient (Wildman–Crippen LogP) is 1.78. The molecule has 4 N–H and O–H groups in total. The quantitative estimate of drug-likeness (QED) is 0.523. The molecule has 0 saturated heterocycles. The molecule has 1 heterocycles. The molecule has 0 spiro atoms. The first-order valence-corrected chi connectivity index (χ1v) is 3.96. The molecule has 0 aliphatic heterocycles. The highest BCUT2D eigenvalue weighted by molar-refractivity contribution is 5.85. The molecule has 4 nitrogen and oxygen atoms in total. The van der Waals surface area contributed by atoms with Gasteiger partial charge >= 0.3 is 0 Å². The monoisotopic (exact) mass is 210 g/mol. The topological polar surface area (TPSA) is 66.7 Å². The summed E-state index contributed by atoms with van der Waals surface area (Å²) in [4.78, 5) is 0. The number of nitrogens with two attached hydrogens (primary N) is 1. The van der Waals surface area contributed by atoms with E-state index in [1.54, 1.807) is 6.20 Å². The highest BCUT2D eigenvalue weighted by Crippen LogP contribution is 2.19. The molecule has 0 aliphatic carbocycles. The summed E-state index contributed by atoms with van der Waals surface area (Å²) < 4.78 is 0. The lowest BCUT2D eigenvalue weighted by atomic mass is 10.1. The summed E-state index contributed by atoms with van der Waals surface area (Å²) in [6.07, 6.45) is 3.63. The summed E-state index contributed by atoms with van der Waals surface area (Å²) in [5, 5.41) is 6.64. The Bertz CT molecular complexity index is 368. The number of anilines is 1. The SMILES string of the molecule is Cl.NNc1ccc(-c2cn[nH]c2)cc1. The molecule has 1 aromatic heterocycles. The normalized spacial score (nSPS) is 9.21. The van der Waals surface area contributed by atoms with E-state index in [1.165, 1.54) is 0 Å². The van der Waals surface area contributed by atoms with Crippen molar-refractivity contribution in [2.75, 3.05) is 5.43 Å². The second kappa shape index (κ2) is 4.64. The van der Waals surface area contributed by atoms with E-state index < -0.39 is 0 Å². The number of hydrogen-bond acceptors (Lipinski definition) is 3. The molecule has 2 aromatic rings. The van der Waals surface area contributed by atoms with Crippen molar-refractivity contribution in [2.45, 2.75) is 0 Å². The van der Waals surface area contributed by atoms with Crippen molar-refractivity contribution in [3.05, 3.63) is 36.7 Å². The van der Waals surface area contributed by atoms with Gasteiger partial charge in [-0.25, -0.2) is 0 Å². The average molecular weight is 211 g/mol. The van der Waals surface area contributed by atoms with E-state index in [-0.39, 0.29) is 12.4 Å². The van der Waals surface area contributed by atoms with Gasteiger partial charge in [-0.15, -0.1) is 12.4 Å². The first-order valence-electron chi connectivity index (χ1n) is 3.96. The van der Waals surface area contributed by atoms with Gasteiger partial charge in [0.2, 0.25) is 0 Å². The summed E-state index contributed by atoms with van der Waals surface area (Å²) in [6, 6.07) is 7.81. The van der Waals surface area contributed by atoms with Crippen LogP contribution in [0, 0.1) is 0 Å². The first-order chi connectivity index (χ1) is 6.40. The maximum atomic E-state index is 5.25. The largest absolute Gasteiger partial charge is 0.324 e. The molecular weight excluding hydrogens is 200 g/mol. The molecule has 0 fully saturated rings. The second-order valence-electron chi connectivity index (χ2n) is 2.71. The fraction of sp³-hybridized carbons (Fsp3) is 0. The van der Waals surface area contributed by atoms with Crippen molar-refractivity contribution in [3.8, 4) is 11.1 Å². The smallest absolute Gasteiger partial charge is 0.0565 e. The minimum absolute atomic E-state index is 0. The number of halogens is 1. The molecule has 2 rings (SSSR count). The van der Waals surface area contributed by atoms with Crippen LogP contribution in [0.1, 0.15) is 0 Å². The molecule has 0 saturated carbocycles. The van der Waals surface area contributed by atoms with E-state index in [0.717, 1.165) is 16.8 Å². The van der Waals surface area contributed by atoms with E-state index in [4.69, 9.17) is 5.84 Å². The van der Waals surface area contributed by atoms with Gasteiger partial charge < -0.3 is 5.43 Å². The number of aromatic amines is 1. The molecule has 0 amide bonds. The van der Waals surface area contributed by atoms with Crippen LogP contribution in [-0.4, -0.2) is 10.2 Å². The van der Waals surface area contributed by atoms with Crippen molar-refractivity contribution in [1.82, 2.24) is 10.2 Å². The molecule has 1 aromatic carbocycles. The molecular formula is C9H11ClN4. The fourth-order valence-electron chi connectivity index (χ4n) is 1.17. The van der Waals surface area contributed by atoms with E-state index in [0.29, 0.717) is 0 Å². The Morgan fingerprint density at radius 3 is 2.36 bits per heavy atom. The lowest BCUT2D eigenvalue weighted by molar-refractivity contribution is 1.09. The molecule has 5 heteroatoms. The Morgan fingerprint density at radius 1 is 1.14 bits per heavy atom.